The summed E-state index contributed by atoms with van der Waals surface area (Å²) in [5, 5.41) is 14.3. The molecule has 0 bridgehead atoms. The van der Waals surface area contributed by atoms with Crippen LogP contribution in [0.15, 0.2) is 0 Å². The molecule has 0 aromatic rings. The number of amides is 2. The third-order valence-electron chi connectivity index (χ3n) is 3.89. The molecule has 0 aromatic heterocycles. The molecule has 0 aliphatic heterocycles. The number of carbonyl (C=O) groups excluding carboxylic acids is 1. The third-order valence-corrected chi connectivity index (χ3v) is 3.89. The van der Waals surface area contributed by atoms with Crippen molar-refractivity contribution in [2.24, 2.45) is 5.92 Å². The summed E-state index contributed by atoms with van der Waals surface area (Å²) in [7, 11) is 0. The maximum atomic E-state index is 11.7. The largest absolute Gasteiger partial charge is 0.480 e. The van der Waals surface area contributed by atoms with Crippen LogP contribution in [0.4, 0.5) is 4.79 Å². The second-order valence-electron chi connectivity index (χ2n) is 5.42. The van der Waals surface area contributed by atoms with Gasteiger partial charge >= 0.3 is 12.0 Å². The highest BCUT2D eigenvalue weighted by Crippen LogP contribution is 2.27. The maximum absolute atomic E-state index is 11.7. The summed E-state index contributed by atoms with van der Waals surface area (Å²) in [5.41, 5.74) is 0. The molecule has 1 atom stereocenters. The number of carboxylic acid groups (broad SMARTS) is 1. The Morgan fingerprint density at radius 3 is 2.32 bits per heavy atom. The van der Waals surface area contributed by atoms with Crippen molar-refractivity contribution in [3.05, 3.63) is 0 Å². The van der Waals surface area contributed by atoms with Crippen molar-refractivity contribution in [3.63, 3.8) is 0 Å². The number of carboxylic acids is 1. The van der Waals surface area contributed by atoms with Gasteiger partial charge in [0.2, 0.25) is 0 Å². The third kappa shape index (κ3) is 5.49. The number of nitrogens with one attached hydrogen (secondary N) is 2. The van der Waals surface area contributed by atoms with Crippen molar-refractivity contribution in [1.29, 1.82) is 0 Å². The summed E-state index contributed by atoms with van der Waals surface area (Å²) in [6.07, 6.45) is 7.22. The van der Waals surface area contributed by atoms with Crippen LogP contribution in [0.3, 0.4) is 0 Å². The van der Waals surface area contributed by atoms with Gasteiger partial charge in [-0.1, -0.05) is 26.7 Å². The Morgan fingerprint density at radius 2 is 1.84 bits per heavy atom. The second-order valence-corrected chi connectivity index (χ2v) is 5.42. The summed E-state index contributed by atoms with van der Waals surface area (Å²) < 4.78 is 0. The monoisotopic (exact) mass is 270 g/mol. The summed E-state index contributed by atoms with van der Waals surface area (Å²) in [6.45, 7) is 3.95. The lowest BCUT2D eigenvalue weighted by molar-refractivity contribution is -0.139. The quantitative estimate of drug-likeness (QED) is 0.694. The minimum absolute atomic E-state index is 0.194. The van der Waals surface area contributed by atoms with E-state index in [-0.39, 0.29) is 12.1 Å². The van der Waals surface area contributed by atoms with Gasteiger partial charge in [-0.05, 0) is 38.0 Å². The molecule has 0 heterocycles. The van der Waals surface area contributed by atoms with Gasteiger partial charge < -0.3 is 15.7 Å². The van der Waals surface area contributed by atoms with Gasteiger partial charge in [0.15, 0.2) is 0 Å². The normalized spacial score (nSPS) is 24.5. The molecule has 5 nitrogen and oxygen atoms in total. The molecule has 2 amide bonds. The van der Waals surface area contributed by atoms with Gasteiger partial charge in [-0.3, -0.25) is 0 Å². The van der Waals surface area contributed by atoms with Crippen LogP contribution in [0.5, 0.6) is 0 Å². The van der Waals surface area contributed by atoms with Crippen LogP contribution >= 0.6 is 0 Å². The van der Waals surface area contributed by atoms with E-state index in [0.717, 1.165) is 31.6 Å². The molecule has 1 saturated carbocycles. The number of rotatable bonds is 6. The molecular formula is C14H26N2O3. The molecule has 19 heavy (non-hydrogen) atoms. The first kappa shape index (κ1) is 15.8. The maximum Gasteiger partial charge on any atom is 0.326 e. The van der Waals surface area contributed by atoms with Crippen LogP contribution < -0.4 is 10.6 Å². The Kier molecular flexibility index (Phi) is 6.67. The molecular weight excluding hydrogens is 244 g/mol. The first-order valence-corrected chi connectivity index (χ1v) is 7.36. The fraction of sp³-hybridized carbons (Fsp3) is 0.857. The Morgan fingerprint density at radius 1 is 1.21 bits per heavy atom. The van der Waals surface area contributed by atoms with E-state index in [1.807, 2.05) is 0 Å². The van der Waals surface area contributed by atoms with Crippen molar-refractivity contribution >= 4 is 12.0 Å². The Hall–Kier alpha value is -1.26. The predicted octanol–water partition coefficient (Wildman–Crippen LogP) is 2.51. The first-order chi connectivity index (χ1) is 9.06. The van der Waals surface area contributed by atoms with E-state index in [4.69, 9.17) is 5.11 Å². The lowest BCUT2D eigenvalue weighted by Crippen LogP contribution is -2.49. The molecule has 0 unspecified atom stereocenters. The van der Waals surface area contributed by atoms with Gasteiger partial charge in [0.05, 0.1) is 0 Å². The first-order valence-electron chi connectivity index (χ1n) is 7.36. The molecule has 1 fully saturated rings. The molecule has 0 radical (unpaired) electrons. The van der Waals surface area contributed by atoms with E-state index in [0.29, 0.717) is 6.42 Å². The molecule has 110 valence electrons. The molecule has 1 aliphatic rings. The van der Waals surface area contributed by atoms with Crippen molar-refractivity contribution in [1.82, 2.24) is 10.6 Å². The Bertz CT molecular complexity index is 299. The second kappa shape index (κ2) is 8.02. The number of carbonyl (C=O) groups is 2. The summed E-state index contributed by atoms with van der Waals surface area (Å²) in [4.78, 5) is 22.5. The minimum Gasteiger partial charge on any atom is -0.480 e. The van der Waals surface area contributed by atoms with Crippen molar-refractivity contribution in [2.75, 3.05) is 0 Å². The highest BCUT2D eigenvalue weighted by atomic mass is 16.4. The van der Waals surface area contributed by atoms with E-state index < -0.39 is 12.0 Å². The zero-order valence-electron chi connectivity index (χ0n) is 11.9. The average molecular weight is 270 g/mol. The van der Waals surface area contributed by atoms with Crippen LogP contribution in [0, 0.1) is 5.92 Å². The van der Waals surface area contributed by atoms with Crippen LogP contribution in [-0.2, 0) is 4.79 Å². The molecule has 1 aliphatic carbocycles. The topological polar surface area (TPSA) is 78.4 Å². The Labute approximate surface area is 115 Å². The minimum atomic E-state index is -0.982. The van der Waals surface area contributed by atoms with Gasteiger partial charge in [-0.2, -0.15) is 0 Å². The number of aliphatic carboxylic acids is 1. The lowest BCUT2D eigenvalue weighted by Gasteiger charge is -2.29. The molecule has 3 N–H and O–H groups in total. The molecule has 1 rings (SSSR count). The van der Waals surface area contributed by atoms with Gasteiger partial charge in [0, 0.05) is 6.04 Å². The molecule has 0 saturated heterocycles. The van der Waals surface area contributed by atoms with Crippen molar-refractivity contribution in [3.8, 4) is 0 Å². The molecule has 0 aromatic carbocycles. The smallest absolute Gasteiger partial charge is 0.326 e. The van der Waals surface area contributed by atoms with Gasteiger partial charge in [-0.15, -0.1) is 0 Å². The van der Waals surface area contributed by atoms with Crippen molar-refractivity contribution < 1.29 is 14.7 Å². The standard InChI is InChI=1S/C14H26N2O3/c1-3-5-10-6-8-11(9-7-10)15-14(19)16-12(4-2)13(17)18/h10-12H,3-9H2,1-2H3,(H,17,18)(H2,15,16,19)/t10?,11?,12-/m1/s1. The average Bonchev–Trinajstić information content (AvgIpc) is 2.38. The SMILES string of the molecule is CCCC1CCC(NC(=O)N[C@H](CC)C(=O)O)CC1. The van der Waals surface area contributed by atoms with Crippen LogP contribution in [-0.4, -0.2) is 29.2 Å². The fourth-order valence-electron chi connectivity index (χ4n) is 2.73. The fourth-order valence-corrected chi connectivity index (χ4v) is 2.73. The Balaban J connectivity index is 2.28. The van der Waals surface area contributed by atoms with Gasteiger partial charge in [0.1, 0.15) is 6.04 Å². The summed E-state index contributed by atoms with van der Waals surface area (Å²) in [6, 6.07) is -0.955. The predicted molar refractivity (Wildman–Crippen MR) is 74.0 cm³/mol. The highest BCUT2D eigenvalue weighted by molar-refractivity contribution is 5.82. The zero-order chi connectivity index (χ0) is 14.3. The number of hydrogen-bond donors (Lipinski definition) is 3. The summed E-state index contributed by atoms with van der Waals surface area (Å²) >= 11 is 0. The van der Waals surface area contributed by atoms with Gasteiger partial charge in [-0.25, -0.2) is 9.59 Å². The van der Waals surface area contributed by atoms with Crippen molar-refractivity contribution in [2.45, 2.75) is 70.9 Å². The van der Waals surface area contributed by atoms with E-state index in [1.54, 1.807) is 6.92 Å². The zero-order valence-corrected chi connectivity index (χ0v) is 11.9. The lowest BCUT2D eigenvalue weighted by atomic mass is 9.83. The van der Waals surface area contributed by atoms with Crippen LogP contribution in [0.25, 0.3) is 0 Å². The number of urea groups is 1. The van der Waals surface area contributed by atoms with Gasteiger partial charge in [0.25, 0.3) is 0 Å². The van der Waals surface area contributed by atoms with Crippen LogP contribution in [0.1, 0.15) is 58.8 Å². The molecule has 5 heteroatoms. The summed E-state index contributed by atoms with van der Waals surface area (Å²) in [5.74, 6) is -0.183. The van der Waals surface area contributed by atoms with Crippen LogP contribution in [0.2, 0.25) is 0 Å². The van der Waals surface area contributed by atoms with E-state index in [1.165, 1.54) is 12.8 Å². The molecule has 0 spiro atoms. The van der Waals surface area contributed by atoms with E-state index in [9.17, 15) is 9.59 Å². The van der Waals surface area contributed by atoms with E-state index in [2.05, 4.69) is 17.6 Å². The number of hydrogen-bond acceptors (Lipinski definition) is 2. The highest BCUT2D eigenvalue weighted by Gasteiger charge is 2.23. The van der Waals surface area contributed by atoms with E-state index >= 15 is 0 Å².